The Hall–Kier alpha value is -1.98. The molecule has 0 aliphatic carbocycles. The maximum absolute atomic E-state index is 13.2. The average Bonchev–Trinajstić information content (AvgIpc) is 2.91. The van der Waals surface area contributed by atoms with Gasteiger partial charge >= 0.3 is 119 Å². The number of nitrogens with one attached hydrogen (secondary N) is 1. The van der Waals surface area contributed by atoms with Crippen molar-refractivity contribution < 1.29 is 13.9 Å². The van der Waals surface area contributed by atoms with Gasteiger partial charge in [-0.15, -0.1) is 0 Å². The Morgan fingerprint density at radius 2 is 1.90 bits per heavy atom. The number of fused-ring (bicyclic) bond motifs is 1. The number of phenolic OH excluding ortho intramolecular Hbond substituents is 1. The first-order valence-corrected chi connectivity index (χ1v) is 7.30. The Labute approximate surface area is 119 Å². The molecule has 2 aromatic rings. The van der Waals surface area contributed by atoms with E-state index in [9.17, 15) is 8.78 Å². The number of hydrogen-bond donors (Lipinski definition) is 2. The summed E-state index contributed by atoms with van der Waals surface area (Å²) < 4.78 is 35.0. The molecule has 102 valence electrons. The molecular formula is C13H9F2N3OSe. The van der Waals surface area contributed by atoms with Gasteiger partial charge in [0.15, 0.2) is 0 Å². The summed E-state index contributed by atoms with van der Waals surface area (Å²) >= 11 is -0.128. The Kier molecular flexibility index (Phi) is 3.38. The molecule has 0 spiro atoms. The van der Waals surface area contributed by atoms with E-state index in [1.165, 1.54) is 0 Å². The molecule has 0 saturated carbocycles. The number of halogens is 2. The standard InChI is InChI=1S/C13H9F2N3OSe/c14-8-4-7(5-9(15)13(8)19)6-16-10-2-1-3-11-12(10)18-20-17-11/h1-5,16,19H,6H2. The summed E-state index contributed by atoms with van der Waals surface area (Å²) in [7, 11) is 0. The number of aromatic hydroxyl groups is 1. The number of hydrogen-bond acceptors (Lipinski definition) is 4. The molecule has 0 saturated heterocycles. The zero-order chi connectivity index (χ0) is 14.1. The van der Waals surface area contributed by atoms with Crippen molar-refractivity contribution in [3.05, 3.63) is 47.5 Å². The Bertz CT molecular complexity index is 734. The quantitative estimate of drug-likeness (QED) is 0.716. The predicted octanol–water partition coefficient (Wildman–Crippen LogP) is 3.63. The minimum atomic E-state index is -0.969. The first kappa shape index (κ1) is 13.0. The topological polar surface area (TPSA) is 57.0 Å². The Morgan fingerprint density at radius 1 is 1.15 bits per heavy atom. The molecule has 1 aliphatic rings. The van der Waals surface area contributed by atoms with Crippen molar-refractivity contribution in [1.82, 2.24) is 0 Å². The monoisotopic (exact) mass is 341 g/mol. The van der Waals surface area contributed by atoms with Gasteiger partial charge in [-0.25, -0.2) is 0 Å². The van der Waals surface area contributed by atoms with Gasteiger partial charge in [0.2, 0.25) is 0 Å². The second-order valence-corrected chi connectivity index (χ2v) is 5.31. The summed E-state index contributed by atoms with van der Waals surface area (Å²) in [5, 5.41) is 12.1. The van der Waals surface area contributed by atoms with Crippen molar-refractivity contribution in [1.29, 1.82) is 0 Å². The number of rotatable bonds is 3. The second-order valence-electron chi connectivity index (χ2n) is 4.20. The van der Waals surface area contributed by atoms with Crippen LogP contribution in [0.4, 0.5) is 25.8 Å². The third-order valence-electron chi connectivity index (χ3n) is 2.85. The van der Waals surface area contributed by atoms with Crippen LogP contribution in [-0.2, 0) is 6.54 Å². The molecule has 0 bridgehead atoms. The molecule has 0 atom stereocenters. The van der Waals surface area contributed by atoms with Crippen molar-refractivity contribution in [3.8, 4) is 5.75 Å². The van der Waals surface area contributed by atoms with Crippen molar-refractivity contribution in [3.63, 3.8) is 0 Å². The zero-order valence-electron chi connectivity index (χ0n) is 10.1. The Balaban J connectivity index is 1.81. The maximum atomic E-state index is 13.2. The van der Waals surface area contributed by atoms with Crippen molar-refractivity contribution in [2.75, 3.05) is 5.32 Å². The fraction of sp³-hybridized carbons (Fsp3) is 0.0769. The first-order valence-electron chi connectivity index (χ1n) is 5.77. The molecule has 2 N–H and O–H groups in total. The van der Waals surface area contributed by atoms with Gasteiger partial charge in [0, 0.05) is 0 Å². The molecule has 0 aromatic heterocycles. The molecule has 0 radical (unpaired) electrons. The molecule has 0 fully saturated rings. The van der Waals surface area contributed by atoms with E-state index in [1.54, 1.807) is 0 Å². The van der Waals surface area contributed by atoms with E-state index in [4.69, 9.17) is 5.11 Å². The van der Waals surface area contributed by atoms with Crippen LogP contribution in [0.5, 0.6) is 5.75 Å². The summed E-state index contributed by atoms with van der Waals surface area (Å²) in [6.07, 6.45) is 0. The first-order chi connectivity index (χ1) is 9.65. The molecule has 1 heterocycles. The summed E-state index contributed by atoms with van der Waals surface area (Å²) in [4.78, 5) is 0. The van der Waals surface area contributed by atoms with Gasteiger partial charge in [-0.1, -0.05) is 0 Å². The van der Waals surface area contributed by atoms with Gasteiger partial charge in [0.25, 0.3) is 0 Å². The van der Waals surface area contributed by atoms with Crippen molar-refractivity contribution >= 4 is 31.6 Å². The van der Waals surface area contributed by atoms with Gasteiger partial charge in [-0.05, 0) is 0 Å². The molecule has 7 heteroatoms. The SMILES string of the molecule is Oc1c(F)cc(CNc2cccc3c2N=[Se]=N3)cc1F. The van der Waals surface area contributed by atoms with Gasteiger partial charge in [0.1, 0.15) is 0 Å². The number of nitrogens with zero attached hydrogens (tertiary/aromatic N) is 2. The van der Waals surface area contributed by atoms with Gasteiger partial charge in [-0.3, -0.25) is 0 Å². The molecule has 0 unspecified atom stereocenters. The molecule has 3 rings (SSSR count). The molecule has 1 aliphatic heterocycles. The van der Waals surface area contributed by atoms with Gasteiger partial charge in [0.05, 0.1) is 0 Å². The van der Waals surface area contributed by atoms with Crippen LogP contribution in [-0.4, -0.2) is 19.7 Å². The van der Waals surface area contributed by atoms with E-state index in [0.29, 0.717) is 5.56 Å². The van der Waals surface area contributed by atoms with Crippen LogP contribution in [0.3, 0.4) is 0 Å². The van der Waals surface area contributed by atoms with E-state index in [2.05, 4.69) is 13.2 Å². The minimum absolute atomic E-state index is 0.128. The second kappa shape index (κ2) is 5.19. The van der Waals surface area contributed by atoms with E-state index in [-0.39, 0.29) is 21.1 Å². The van der Waals surface area contributed by atoms with E-state index < -0.39 is 17.4 Å². The van der Waals surface area contributed by atoms with Crippen molar-refractivity contribution in [2.45, 2.75) is 6.54 Å². The van der Waals surface area contributed by atoms with E-state index in [1.807, 2.05) is 18.2 Å². The predicted molar refractivity (Wildman–Crippen MR) is 71.7 cm³/mol. The van der Waals surface area contributed by atoms with Crippen LogP contribution in [0.15, 0.2) is 38.3 Å². The number of anilines is 1. The normalized spacial score (nSPS) is 12.1. The van der Waals surface area contributed by atoms with Crippen molar-refractivity contribution in [2.24, 2.45) is 7.92 Å². The van der Waals surface area contributed by atoms with Crippen LogP contribution in [0.2, 0.25) is 0 Å². The van der Waals surface area contributed by atoms with Crippen LogP contribution in [0.1, 0.15) is 5.56 Å². The average molecular weight is 340 g/mol. The number of benzene rings is 2. The summed E-state index contributed by atoms with van der Waals surface area (Å²) in [5.74, 6) is -2.89. The van der Waals surface area contributed by atoms with Gasteiger partial charge in [-0.2, -0.15) is 0 Å². The summed E-state index contributed by atoms with van der Waals surface area (Å²) in [5.41, 5.74) is 2.79. The van der Waals surface area contributed by atoms with E-state index in [0.717, 1.165) is 29.2 Å². The van der Waals surface area contributed by atoms with Gasteiger partial charge < -0.3 is 0 Å². The Morgan fingerprint density at radius 3 is 2.65 bits per heavy atom. The zero-order valence-corrected chi connectivity index (χ0v) is 11.8. The van der Waals surface area contributed by atoms with Crippen LogP contribution >= 0.6 is 0 Å². The molecule has 20 heavy (non-hydrogen) atoms. The third kappa shape index (κ3) is 2.37. The van der Waals surface area contributed by atoms with Crippen LogP contribution in [0.25, 0.3) is 0 Å². The van der Waals surface area contributed by atoms with E-state index >= 15 is 0 Å². The molecule has 2 aromatic carbocycles. The number of phenols is 1. The molecule has 4 nitrogen and oxygen atoms in total. The third-order valence-corrected chi connectivity index (χ3v) is 3.98. The fourth-order valence-electron chi connectivity index (χ4n) is 1.87. The van der Waals surface area contributed by atoms with Crippen LogP contribution < -0.4 is 5.32 Å². The summed E-state index contributed by atoms with van der Waals surface area (Å²) in [6, 6.07) is 7.75. The van der Waals surface area contributed by atoms with Crippen LogP contribution in [0, 0.1) is 11.6 Å². The molecular weight excluding hydrogens is 331 g/mol. The summed E-state index contributed by atoms with van der Waals surface area (Å²) in [6.45, 7) is 0.229. The molecule has 0 amide bonds. The fourth-order valence-corrected chi connectivity index (χ4v) is 3.02.